The Hall–Kier alpha value is -0.460. The largest absolute Gasteiger partial charge is 0.498 e. The Morgan fingerprint density at radius 1 is 0.857 bits per heavy atom. The van der Waals surface area contributed by atoms with Gasteiger partial charge in [0.2, 0.25) is 0 Å². The molecule has 0 aliphatic heterocycles. The number of ether oxygens (including phenoxy) is 1. The first-order valence-electron chi connectivity index (χ1n) is 5.95. The monoisotopic (exact) mass is 198 g/mol. The van der Waals surface area contributed by atoms with Gasteiger partial charge in [-0.15, -0.1) is 0 Å². The van der Waals surface area contributed by atoms with Crippen LogP contribution in [0.1, 0.15) is 66.2 Å². The van der Waals surface area contributed by atoms with E-state index in [1.807, 2.05) is 6.92 Å². The summed E-state index contributed by atoms with van der Waals surface area (Å²) in [5.41, 5.74) is 1.29. The summed E-state index contributed by atoms with van der Waals surface area (Å²) in [6.45, 7) is 9.38. The number of unbranched alkanes of at least 4 members (excludes halogenated alkanes) is 5. The first-order chi connectivity index (χ1) is 6.68. The Morgan fingerprint density at radius 3 is 2.00 bits per heavy atom. The van der Waals surface area contributed by atoms with Crippen LogP contribution in [-0.2, 0) is 4.74 Å². The Balaban J connectivity index is 3.18. The zero-order chi connectivity index (χ0) is 10.8. The molecule has 0 N–H and O–H groups in total. The first-order valence-corrected chi connectivity index (χ1v) is 5.95. The molecule has 0 rings (SSSR count). The molecular formula is C13H26O. The van der Waals surface area contributed by atoms with Crippen LogP contribution in [0.3, 0.4) is 0 Å². The summed E-state index contributed by atoms with van der Waals surface area (Å²) in [7, 11) is 0. The zero-order valence-corrected chi connectivity index (χ0v) is 10.4. The summed E-state index contributed by atoms with van der Waals surface area (Å²) < 4.78 is 5.59. The van der Waals surface area contributed by atoms with Gasteiger partial charge in [0.25, 0.3) is 0 Å². The molecule has 0 heterocycles. The summed E-state index contributed by atoms with van der Waals surface area (Å²) >= 11 is 0. The maximum Gasteiger partial charge on any atom is 0.0915 e. The lowest BCUT2D eigenvalue weighted by atomic mass is 10.1. The van der Waals surface area contributed by atoms with Crippen LogP contribution in [0.2, 0.25) is 0 Å². The lowest BCUT2D eigenvalue weighted by Gasteiger charge is -2.07. The third-order valence-corrected chi connectivity index (χ3v) is 2.52. The predicted molar refractivity (Wildman–Crippen MR) is 63.4 cm³/mol. The van der Waals surface area contributed by atoms with Crippen molar-refractivity contribution in [2.45, 2.75) is 66.2 Å². The average molecular weight is 198 g/mol. The normalized spacial score (nSPS) is 10.0. The van der Waals surface area contributed by atoms with E-state index in [9.17, 15) is 0 Å². The standard InChI is InChI=1S/C13H26O/c1-5-6-7-8-9-10-11-14-13(4)12(2)3/h5-11H2,1-4H3. The number of hydrogen-bond acceptors (Lipinski definition) is 1. The maximum absolute atomic E-state index is 5.59. The zero-order valence-electron chi connectivity index (χ0n) is 10.4. The second-order valence-corrected chi connectivity index (χ2v) is 4.17. The van der Waals surface area contributed by atoms with Crippen LogP contribution in [0.25, 0.3) is 0 Å². The molecule has 0 aromatic rings. The van der Waals surface area contributed by atoms with Crippen molar-refractivity contribution in [3.05, 3.63) is 11.3 Å². The average Bonchev–Trinajstić information content (AvgIpc) is 2.16. The molecule has 0 unspecified atom stereocenters. The minimum Gasteiger partial charge on any atom is -0.498 e. The van der Waals surface area contributed by atoms with Gasteiger partial charge in [0, 0.05) is 0 Å². The second-order valence-electron chi connectivity index (χ2n) is 4.17. The van der Waals surface area contributed by atoms with Gasteiger partial charge in [-0.2, -0.15) is 0 Å². The summed E-state index contributed by atoms with van der Waals surface area (Å²) in [5.74, 6) is 1.10. The Bertz CT molecular complexity index is 155. The summed E-state index contributed by atoms with van der Waals surface area (Å²) in [6, 6.07) is 0. The number of rotatable bonds is 8. The van der Waals surface area contributed by atoms with Gasteiger partial charge in [0.15, 0.2) is 0 Å². The van der Waals surface area contributed by atoms with Gasteiger partial charge in [-0.25, -0.2) is 0 Å². The topological polar surface area (TPSA) is 9.23 Å². The molecular weight excluding hydrogens is 172 g/mol. The highest BCUT2D eigenvalue weighted by Gasteiger charge is 1.93. The van der Waals surface area contributed by atoms with E-state index in [1.165, 1.54) is 44.1 Å². The molecule has 0 aromatic carbocycles. The Morgan fingerprint density at radius 2 is 1.43 bits per heavy atom. The highest BCUT2D eigenvalue weighted by Crippen LogP contribution is 2.08. The third kappa shape index (κ3) is 8.15. The molecule has 0 atom stereocenters. The van der Waals surface area contributed by atoms with E-state index in [4.69, 9.17) is 4.74 Å². The van der Waals surface area contributed by atoms with Gasteiger partial charge in [0.1, 0.15) is 0 Å². The minimum absolute atomic E-state index is 0.892. The smallest absolute Gasteiger partial charge is 0.0915 e. The van der Waals surface area contributed by atoms with Crippen molar-refractivity contribution in [1.82, 2.24) is 0 Å². The van der Waals surface area contributed by atoms with Crippen LogP contribution >= 0.6 is 0 Å². The molecule has 0 aliphatic rings. The van der Waals surface area contributed by atoms with Gasteiger partial charge in [-0.1, -0.05) is 39.0 Å². The molecule has 0 saturated carbocycles. The van der Waals surface area contributed by atoms with Crippen molar-refractivity contribution in [2.75, 3.05) is 6.61 Å². The highest BCUT2D eigenvalue weighted by atomic mass is 16.5. The van der Waals surface area contributed by atoms with Gasteiger partial charge >= 0.3 is 0 Å². The van der Waals surface area contributed by atoms with Gasteiger partial charge < -0.3 is 4.74 Å². The quantitative estimate of drug-likeness (QED) is 0.406. The van der Waals surface area contributed by atoms with Gasteiger partial charge in [-0.3, -0.25) is 0 Å². The van der Waals surface area contributed by atoms with Crippen molar-refractivity contribution >= 4 is 0 Å². The highest BCUT2D eigenvalue weighted by molar-refractivity contribution is 4.98. The molecule has 1 nitrogen and oxygen atoms in total. The van der Waals surface area contributed by atoms with Crippen LogP contribution in [0.5, 0.6) is 0 Å². The second kappa shape index (κ2) is 9.11. The molecule has 1 heteroatoms. The van der Waals surface area contributed by atoms with Crippen LogP contribution in [-0.4, -0.2) is 6.61 Å². The molecule has 0 spiro atoms. The summed E-state index contributed by atoms with van der Waals surface area (Å²) in [5, 5.41) is 0. The fourth-order valence-corrected chi connectivity index (χ4v) is 1.25. The molecule has 0 saturated heterocycles. The first kappa shape index (κ1) is 13.5. The molecule has 0 bridgehead atoms. The Labute approximate surface area is 89.5 Å². The van der Waals surface area contributed by atoms with E-state index < -0.39 is 0 Å². The van der Waals surface area contributed by atoms with E-state index in [0.717, 1.165) is 12.4 Å². The predicted octanol–water partition coefficient (Wildman–Crippen LogP) is 4.68. The van der Waals surface area contributed by atoms with Crippen molar-refractivity contribution in [3.8, 4) is 0 Å². The number of allylic oxidation sites excluding steroid dienone is 2. The lowest BCUT2D eigenvalue weighted by Crippen LogP contribution is -1.94. The minimum atomic E-state index is 0.892. The molecule has 84 valence electrons. The maximum atomic E-state index is 5.59. The van der Waals surface area contributed by atoms with Crippen LogP contribution in [0, 0.1) is 0 Å². The Kier molecular flexibility index (Phi) is 8.81. The van der Waals surface area contributed by atoms with Crippen molar-refractivity contribution in [2.24, 2.45) is 0 Å². The SMILES string of the molecule is CCCCCCCCOC(C)=C(C)C. The van der Waals surface area contributed by atoms with E-state index in [2.05, 4.69) is 20.8 Å². The summed E-state index contributed by atoms with van der Waals surface area (Å²) in [4.78, 5) is 0. The van der Waals surface area contributed by atoms with Crippen molar-refractivity contribution in [3.63, 3.8) is 0 Å². The molecule has 0 radical (unpaired) electrons. The number of hydrogen-bond donors (Lipinski definition) is 0. The van der Waals surface area contributed by atoms with E-state index >= 15 is 0 Å². The van der Waals surface area contributed by atoms with E-state index in [1.54, 1.807) is 0 Å². The van der Waals surface area contributed by atoms with Crippen LogP contribution < -0.4 is 0 Å². The molecule has 0 aliphatic carbocycles. The molecule has 0 aromatic heterocycles. The van der Waals surface area contributed by atoms with Gasteiger partial charge in [0.05, 0.1) is 12.4 Å². The van der Waals surface area contributed by atoms with E-state index in [0.29, 0.717) is 0 Å². The third-order valence-electron chi connectivity index (χ3n) is 2.52. The van der Waals surface area contributed by atoms with Crippen molar-refractivity contribution < 1.29 is 4.74 Å². The fraction of sp³-hybridized carbons (Fsp3) is 0.846. The summed E-state index contributed by atoms with van der Waals surface area (Å²) in [6.07, 6.45) is 7.98. The lowest BCUT2D eigenvalue weighted by molar-refractivity contribution is 0.203. The molecule has 0 fully saturated rings. The fourth-order valence-electron chi connectivity index (χ4n) is 1.25. The van der Waals surface area contributed by atoms with Crippen LogP contribution in [0.4, 0.5) is 0 Å². The van der Waals surface area contributed by atoms with Crippen molar-refractivity contribution in [1.29, 1.82) is 0 Å². The molecule has 0 amide bonds. The van der Waals surface area contributed by atoms with Crippen LogP contribution in [0.15, 0.2) is 11.3 Å². The molecule has 14 heavy (non-hydrogen) atoms. The van der Waals surface area contributed by atoms with Gasteiger partial charge in [-0.05, 0) is 32.8 Å². The van der Waals surface area contributed by atoms with E-state index in [-0.39, 0.29) is 0 Å².